The number of para-hydroxylation sites is 1. The molecule has 0 amide bonds. The van der Waals surface area contributed by atoms with Crippen molar-refractivity contribution in [3.63, 3.8) is 0 Å². The molecule has 0 bridgehead atoms. The third-order valence-corrected chi connectivity index (χ3v) is 3.03. The molecule has 3 heteroatoms. The Bertz CT molecular complexity index is 352. The topological polar surface area (TPSA) is 30.5 Å². The maximum Gasteiger partial charge on any atom is 0.165 e. The van der Waals surface area contributed by atoms with Crippen LogP contribution in [0.2, 0.25) is 0 Å². The first-order valence-corrected chi connectivity index (χ1v) is 6.72. The number of nitrogens with one attached hydrogen (secondary N) is 1. The predicted molar refractivity (Wildman–Crippen MR) is 75.5 cm³/mol. The van der Waals surface area contributed by atoms with Crippen LogP contribution in [0.1, 0.15) is 44.7 Å². The first-order chi connectivity index (χ1) is 8.78. The lowest BCUT2D eigenvalue weighted by atomic mass is 10.0. The lowest BCUT2D eigenvalue weighted by molar-refractivity contribution is 0.344. The fourth-order valence-corrected chi connectivity index (χ4v) is 2.16. The summed E-state index contributed by atoms with van der Waals surface area (Å²) >= 11 is 0. The Morgan fingerprint density at radius 2 is 1.89 bits per heavy atom. The third-order valence-electron chi connectivity index (χ3n) is 3.03. The van der Waals surface area contributed by atoms with E-state index < -0.39 is 0 Å². The zero-order chi connectivity index (χ0) is 13.4. The van der Waals surface area contributed by atoms with Crippen LogP contribution >= 0.6 is 0 Å². The summed E-state index contributed by atoms with van der Waals surface area (Å²) < 4.78 is 10.9. The van der Waals surface area contributed by atoms with Crippen molar-refractivity contribution in [1.82, 2.24) is 5.32 Å². The van der Waals surface area contributed by atoms with E-state index in [2.05, 4.69) is 25.2 Å². The van der Waals surface area contributed by atoms with Gasteiger partial charge in [-0.2, -0.15) is 0 Å². The summed E-state index contributed by atoms with van der Waals surface area (Å²) in [4.78, 5) is 0. The molecule has 18 heavy (non-hydrogen) atoms. The van der Waals surface area contributed by atoms with Crippen molar-refractivity contribution >= 4 is 0 Å². The minimum atomic E-state index is 0.333. The summed E-state index contributed by atoms with van der Waals surface area (Å²) in [7, 11) is 3.38. The highest BCUT2D eigenvalue weighted by molar-refractivity contribution is 5.48. The lowest BCUT2D eigenvalue weighted by Crippen LogP contribution is -2.22. The SMILES string of the molecule is CCCNC(CCC)c1cccc(OC)c1OC. The van der Waals surface area contributed by atoms with Crippen molar-refractivity contribution in [1.29, 1.82) is 0 Å². The Kier molecular flexibility index (Phi) is 6.58. The summed E-state index contributed by atoms with van der Waals surface area (Å²) in [6.45, 7) is 5.40. The van der Waals surface area contributed by atoms with Crippen LogP contribution in [0.3, 0.4) is 0 Å². The molecule has 3 nitrogen and oxygen atoms in total. The summed E-state index contributed by atoms with van der Waals surface area (Å²) in [6, 6.07) is 6.41. The molecule has 0 saturated carbocycles. The highest BCUT2D eigenvalue weighted by Gasteiger charge is 2.17. The fourth-order valence-electron chi connectivity index (χ4n) is 2.16. The summed E-state index contributed by atoms with van der Waals surface area (Å²) in [6.07, 6.45) is 3.37. The van der Waals surface area contributed by atoms with Gasteiger partial charge in [-0.3, -0.25) is 0 Å². The largest absolute Gasteiger partial charge is 0.493 e. The van der Waals surface area contributed by atoms with Crippen LogP contribution in [-0.4, -0.2) is 20.8 Å². The van der Waals surface area contributed by atoms with Crippen LogP contribution in [-0.2, 0) is 0 Å². The Labute approximate surface area is 110 Å². The monoisotopic (exact) mass is 251 g/mol. The molecule has 0 radical (unpaired) electrons. The van der Waals surface area contributed by atoms with Crippen LogP contribution in [0.5, 0.6) is 11.5 Å². The third kappa shape index (κ3) is 3.64. The summed E-state index contributed by atoms with van der Waals surface area (Å²) in [5.74, 6) is 1.65. The number of benzene rings is 1. The van der Waals surface area contributed by atoms with Crippen LogP contribution in [0.4, 0.5) is 0 Å². The van der Waals surface area contributed by atoms with Gasteiger partial charge in [0.05, 0.1) is 14.2 Å². The average Bonchev–Trinajstić information content (AvgIpc) is 2.42. The van der Waals surface area contributed by atoms with Gasteiger partial charge in [-0.05, 0) is 25.5 Å². The molecule has 0 heterocycles. The van der Waals surface area contributed by atoms with Crippen molar-refractivity contribution in [2.24, 2.45) is 0 Å². The van der Waals surface area contributed by atoms with Gasteiger partial charge in [-0.1, -0.05) is 32.4 Å². The van der Waals surface area contributed by atoms with Crippen molar-refractivity contribution < 1.29 is 9.47 Å². The van der Waals surface area contributed by atoms with Gasteiger partial charge in [0, 0.05) is 11.6 Å². The van der Waals surface area contributed by atoms with Gasteiger partial charge in [0.2, 0.25) is 0 Å². The molecule has 0 spiro atoms. The molecule has 0 aliphatic carbocycles. The molecule has 1 rings (SSSR count). The Hall–Kier alpha value is -1.22. The van der Waals surface area contributed by atoms with Crippen molar-refractivity contribution in [2.75, 3.05) is 20.8 Å². The van der Waals surface area contributed by atoms with E-state index in [0.29, 0.717) is 6.04 Å². The molecule has 0 aromatic heterocycles. The first kappa shape index (κ1) is 14.8. The predicted octanol–water partition coefficient (Wildman–Crippen LogP) is 3.54. The van der Waals surface area contributed by atoms with Gasteiger partial charge >= 0.3 is 0 Å². The van der Waals surface area contributed by atoms with Gasteiger partial charge < -0.3 is 14.8 Å². The zero-order valence-electron chi connectivity index (χ0n) is 12.0. The van der Waals surface area contributed by atoms with Crippen molar-refractivity contribution in [3.8, 4) is 11.5 Å². The molecular weight excluding hydrogens is 226 g/mol. The minimum Gasteiger partial charge on any atom is -0.493 e. The van der Waals surface area contributed by atoms with Crippen LogP contribution in [0, 0.1) is 0 Å². The van der Waals surface area contributed by atoms with Gasteiger partial charge in [0.1, 0.15) is 0 Å². The van der Waals surface area contributed by atoms with E-state index in [1.165, 1.54) is 5.56 Å². The van der Waals surface area contributed by atoms with Crippen LogP contribution in [0.25, 0.3) is 0 Å². The highest BCUT2D eigenvalue weighted by atomic mass is 16.5. The Morgan fingerprint density at radius 3 is 2.44 bits per heavy atom. The quantitative estimate of drug-likeness (QED) is 0.766. The molecule has 1 atom stereocenters. The van der Waals surface area contributed by atoms with Gasteiger partial charge in [0.15, 0.2) is 11.5 Å². The molecular formula is C15H25NO2. The molecule has 102 valence electrons. The summed E-state index contributed by atoms with van der Waals surface area (Å²) in [5, 5.41) is 3.58. The standard InChI is InChI=1S/C15H25NO2/c1-5-8-13(16-11-6-2)12-9-7-10-14(17-3)15(12)18-4/h7,9-10,13,16H,5-6,8,11H2,1-4H3. The van der Waals surface area contributed by atoms with E-state index in [1.54, 1.807) is 14.2 Å². The highest BCUT2D eigenvalue weighted by Crippen LogP contribution is 2.36. The second kappa shape index (κ2) is 7.98. The van der Waals surface area contributed by atoms with E-state index in [-0.39, 0.29) is 0 Å². The van der Waals surface area contributed by atoms with E-state index in [0.717, 1.165) is 37.3 Å². The maximum absolute atomic E-state index is 5.51. The van der Waals surface area contributed by atoms with Gasteiger partial charge in [-0.25, -0.2) is 0 Å². The number of ether oxygens (including phenoxy) is 2. The molecule has 1 aromatic rings. The van der Waals surface area contributed by atoms with E-state index in [1.807, 2.05) is 12.1 Å². The molecule has 0 saturated heterocycles. The number of rotatable bonds is 8. The van der Waals surface area contributed by atoms with Gasteiger partial charge in [0.25, 0.3) is 0 Å². The summed E-state index contributed by atoms with van der Waals surface area (Å²) in [5.41, 5.74) is 1.19. The zero-order valence-corrected chi connectivity index (χ0v) is 12.0. The number of hydrogen-bond acceptors (Lipinski definition) is 3. The molecule has 1 N–H and O–H groups in total. The Morgan fingerprint density at radius 1 is 1.11 bits per heavy atom. The van der Waals surface area contributed by atoms with E-state index in [9.17, 15) is 0 Å². The molecule has 0 aliphatic heterocycles. The van der Waals surface area contributed by atoms with Gasteiger partial charge in [-0.15, -0.1) is 0 Å². The lowest BCUT2D eigenvalue weighted by Gasteiger charge is -2.22. The van der Waals surface area contributed by atoms with E-state index in [4.69, 9.17) is 9.47 Å². The second-order valence-corrected chi connectivity index (χ2v) is 4.38. The molecule has 1 aromatic carbocycles. The van der Waals surface area contributed by atoms with Crippen LogP contribution in [0.15, 0.2) is 18.2 Å². The second-order valence-electron chi connectivity index (χ2n) is 4.38. The normalized spacial score (nSPS) is 12.2. The maximum atomic E-state index is 5.51. The minimum absolute atomic E-state index is 0.333. The van der Waals surface area contributed by atoms with Crippen LogP contribution < -0.4 is 14.8 Å². The fraction of sp³-hybridized carbons (Fsp3) is 0.600. The Balaban J connectivity index is 3.01. The van der Waals surface area contributed by atoms with Crippen molar-refractivity contribution in [3.05, 3.63) is 23.8 Å². The first-order valence-electron chi connectivity index (χ1n) is 6.72. The number of hydrogen-bond donors (Lipinski definition) is 1. The smallest absolute Gasteiger partial charge is 0.165 e. The average molecular weight is 251 g/mol. The van der Waals surface area contributed by atoms with E-state index >= 15 is 0 Å². The molecule has 0 fully saturated rings. The molecule has 1 unspecified atom stereocenters. The number of methoxy groups -OCH3 is 2. The molecule has 0 aliphatic rings. The van der Waals surface area contributed by atoms with Crippen molar-refractivity contribution in [2.45, 2.75) is 39.2 Å².